The molecule has 11 heteroatoms. The Kier molecular flexibility index (Phi) is 16.1. The van der Waals surface area contributed by atoms with Crippen LogP contribution in [0.1, 0.15) is 68.7 Å². The molecule has 2 aromatic carbocycles. The van der Waals surface area contributed by atoms with Gasteiger partial charge < -0.3 is 21.9 Å². The molecule has 1 aliphatic rings. The molecule has 1 aliphatic carbocycles. The summed E-state index contributed by atoms with van der Waals surface area (Å²) in [6.45, 7) is 6.62. The number of rotatable bonds is 16. The van der Waals surface area contributed by atoms with Gasteiger partial charge in [0, 0.05) is 59.9 Å². The number of aliphatic hydroxyl groups excluding tert-OH is 1. The van der Waals surface area contributed by atoms with Crippen molar-refractivity contribution in [2.24, 2.45) is 23.3 Å². The van der Waals surface area contributed by atoms with Crippen molar-refractivity contribution < 1.29 is 23.5 Å². The van der Waals surface area contributed by atoms with Gasteiger partial charge in [-0.1, -0.05) is 64.0 Å². The average molecular weight is 718 g/mol. The van der Waals surface area contributed by atoms with Crippen molar-refractivity contribution in [1.29, 1.82) is 0 Å². The normalized spacial score (nSPS) is 18.5. The number of hydrogen-bond acceptors (Lipinski definition) is 5. The minimum atomic E-state index is -1.17. The fraction of sp³-hybridized carbons (Fsp3) is 0.395. The number of halogens is 4. The van der Waals surface area contributed by atoms with Crippen LogP contribution < -0.4 is 16.8 Å². The second-order valence-electron chi connectivity index (χ2n) is 12.4. The lowest BCUT2D eigenvalue weighted by Gasteiger charge is -2.44. The van der Waals surface area contributed by atoms with Crippen molar-refractivity contribution in [1.82, 2.24) is 10.3 Å². The Hall–Kier alpha value is -3.63. The highest BCUT2D eigenvalue weighted by molar-refractivity contribution is 6.01. The van der Waals surface area contributed by atoms with Crippen molar-refractivity contribution in [3.8, 4) is 0 Å². The van der Waals surface area contributed by atoms with Crippen molar-refractivity contribution in [2.45, 2.75) is 77.4 Å². The second kappa shape index (κ2) is 18.9. The molecule has 0 aliphatic heterocycles. The van der Waals surface area contributed by atoms with E-state index in [0.717, 1.165) is 29.2 Å². The summed E-state index contributed by atoms with van der Waals surface area (Å²) in [5.74, 6) is -4.94. The molecule has 4 atom stereocenters. The van der Waals surface area contributed by atoms with Gasteiger partial charge in [-0.05, 0) is 77.8 Å². The molecule has 3 aromatic rings. The quantitative estimate of drug-likeness (QED) is 0.136. The summed E-state index contributed by atoms with van der Waals surface area (Å²) in [5.41, 5.74) is 15.9. The molecule has 0 radical (unpaired) electrons. The molecular formula is C38H48Cl2F2N4O3. The summed E-state index contributed by atoms with van der Waals surface area (Å²) in [4.78, 5) is 31.2. The van der Waals surface area contributed by atoms with Gasteiger partial charge in [0.1, 0.15) is 11.6 Å². The Bertz CT molecular complexity index is 1620. The number of hydrogen-bond donors (Lipinski definition) is 4. The van der Waals surface area contributed by atoms with E-state index in [1.165, 1.54) is 17.7 Å². The van der Waals surface area contributed by atoms with Gasteiger partial charge in [-0.15, -0.1) is 24.8 Å². The fourth-order valence-corrected chi connectivity index (χ4v) is 7.23. The van der Waals surface area contributed by atoms with E-state index in [4.69, 9.17) is 11.5 Å². The molecule has 1 heterocycles. The first-order valence-corrected chi connectivity index (χ1v) is 16.4. The van der Waals surface area contributed by atoms with Gasteiger partial charge in [0.05, 0.1) is 6.10 Å². The third-order valence-corrected chi connectivity index (χ3v) is 9.20. The highest BCUT2D eigenvalue weighted by Gasteiger charge is 2.48. The van der Waals surface area contributed by atoms with E-state index in [2.05, 4.69) is 23.3 Å². The maximum atomic E-state index is 14.4. The Labute approximate surface area is 300 Å². The van der Waals surface area contributed by atoms with E-state index in [1.807, 2.05) is 50.3 Å². The fourth-order valence-electron chi connectivity index (χ4n) is 7.23. The molecule has 0 saturated heterocycles. The molecule has 2 amide bonds. The van der Waals surface area contributed by atoms with Gasteiger partial charge >= 0.3 is 0 Å². The number of aromatic nitrogens is 1. The van der Waals surface area contributed by atoms with E-state index in [-0.39, 0.29) is 54.5 Å². The number of aryl methyl sites for hydroxylation is 1. The number of benzene rings is 2. The van der Waals surface area contributed by atoms with Gasteiger partial charge in [-0.3, -0.25) is 14.6 Å². The molecule has 0 fully saturated rings. The minimum Gasteiger partial charge on any atom is -0.391 e. The Morgan fingerprint density at radius 1 is 0.918 bits per heavy atom. The topological polar surface area (TPSA) is 131 Å². The monoisotopic (exact) mass is 716 g/mol. The van der Waals surface area contributed by atoms with Crippen LogP contribution in [0.4, 0.5) is 8.78 Å². The lowest BCUT2D eigenvalue weighted by Crippen LogP contribution is -2.47. The number of nitrogens with one attached hydrogen (secondary N) is 1. The zero-order chi connectivity index (χ0) is 34.1. The Morgan fingerprint density at radius 3 is 2.14 bits per heavy atom. The highest BCUT2D eigenvalue weighted by atomic mass is 35.5. The molecule has 4 rings (SSSR count). The summed E-state index contributed by atoms with van der Waals surface area (Å²) >= 11 is 0. The smallest absolute Gasteiger partial charge is 0.245 e. The SMILES string of the molecule is CCCC1=C(C(N)=O)C([C@H](Cc2cc(F)cc(F)c2)[C@@H](O)CNCc2cccc(CC)c2)C(C(N)=O)=CC1(CCC)c1ccncc1.Cl.Cl. The first kappa shape index (κ1) is 41.5. The molecule has 0 bridgehead atoms. The van der Waals surface area contributed by atoms with E-state index in [0.29, 0.717) is 32.2 Å². The van der Waals surface area contributed by atoms with Crippen molar-refractivity contribution in [3.63, 3.8) is 0 Å². The highest BCUT2D eigenvalue weighted by Crippen LogP contribution is 2.51. The van der Waals surface area contributed by atoms with Crippen LogP contribution in [0, 0.1) is 23.5 Å². The first-order chi connectivity index (χ1) is 22.5. The van der Waals surface area contributed by atoms with Crippen LogP contribution in [0.5, 0.6) is 0 Å². The Morgan fingerprint density at radius 2 is 1.57 bits per heavy atom. The van der Waals surface area contributed by atoms with Crippen LogP contribution in [0.15, 0.2) is 89.8 Å². The van der Waals surface area contributed by atoms with E-state index in [1.54, 1.807) is 12.4 Å². The zero-order valence-electron chi connectivity index (χ0n) is 28.3. The molecule has 0 spiro atoms. The Balaban J connectivity index is 0.00000417. The molecule has 0 saturated carbocycles. The molecule has 266 valence electrons. The van der Waals surface area contributed by atoms with Crippen molar-refractivity contribution >= 4 is 36.6 Å². The number of nitrogens with two attached hydrogens (primary N) is 2. The zero-order valence-corrected chi connectivity index (χ0v) is 29.9. The maximum Gasteiger partial charge on any atom is 0.245 e. The third kappa shape index (κ3) is 9.75. The summed E-state index contributed by atoms with van der Waals surface area (Å²) in [6, 6.07) is 15.0. The molecule has 6 N–H and O–H groups in total. The molecule has 2 unspecified atom stereocenters. The van der Waals surface area contributed by atoms with Crippen molar-refractivity contribution in [3.05, 3.63) is 124 Å². The number of aliphatic hydroxyl groups is 1. The number of primary amides is 2. The lowest BCUT2D eigenvalue weighted by molar-refractivity contribution is -0.116. The number of carbonyl (C=O) groups is 2. The van der Waals surface area contributed by atoms with Crippen LogP contribution in [0.3, 0.4) is 0 Å². The van der Waals surface area contributed by atoms with Gasteiger partial charge in [0.2, 0.25) is 11.8 Å². The number of carbonyl (C=O) groups excluding carboxylic acids is 2. The predicted octanol–water partition coefficient (Wildman–Crippen LogP) is 6.44. The first-order valence-electron chi connectivity index (χ1n) is 16.4. The molecule has 7 nitrogen and oxygen atoms in total. The van der Waals surface area contributed by atoms with Crippen LogP contribution in [0.25, 0.3) is 0 Å². The molecular weight excluding hydrogens is 669 g/mol. The standard InChI is InChI=1S/C38H46F2N4O3.2ClH/c1-4-8-32-35(37(42)47)34(31(36(41)46)21-38(32,13-5-2)27-11-14-43-15-12-27)30(19-26-17-28(39)20-29(40)18-26)33(45)23-44-22-25-10-7-9-24(6-3)16-25;;/h7,9-12,14-18,20-21,30,33-34,44-45H,4-6,8,13,19,22-23H2,1-3H3,(H2,41,46)(H2,42,47);2*1H/t30-,33+,34?,38?;;/m1../s1. The van der Waals surface area contributed by atoms with Crippen LogP contribution in [-0.4, -0.2) is 34.6 Å². The number of amides is 2. The van der Waals surface area contributed by atoms with Gasteiger partial charge in [-0.2, -0.15) is 0 Å². The largest absolute Gasteiger partial charge is 0.391 e. The molecule has 1 aromatic heterocycles. The number of allylic oxidation sites excluding steroid dienone is 2. The van der Waals surface area contributed by atoms with Gasteiger partial charge in [-0.25, -0.2) is 8.78 Å². The van der Waals surface area contributed by atoms with Gasteiger partial charge in [0.25, 0.3) is 0 Å². The van der Waals surface area contributed by atoms with Gasteiger partial charge in [0.15, 0.2) is 0 Å². The lowest BCUT2D eigenvalue weighted by atomic mass is 9.59. The summed E-state index contributed by atoms with van der Waals surface area (Å²) < 4.78 is 28.9. The summed E-state index contributed by atoms with van der Waals surface area (Å²) in [6.07, 6.45) is 7.28. The minimum absolute atomic E-state index is 0. The van der Waals surface area contributed by atoms with Crippen LogP contribution in [-0.2, 0) is 34.4 Å². The van der Waals surface area contributed by atoms with E-state index in [9.17, 15) is 23.5 Å². The second-order valence-corrected chi connectivity index (χ2v) is 12.4. The maximum absolute atomic E-state index is 14.4. The van der Waals surface area contributed by atoms with Crippen LogP contribution >= 0.6 is 24.8 Å². The van der Waals surface area contributed by atoms with Crippen molar-refractivity contribution in [2.75, 3.05) is 6.54 Å². The third-order valence-electron chi connectivity index (χ3n) is 9.20. The molecule has 49 heavy (non-hydrogen) atoms. The predicted molar refractivity (Wildman–Crippen MR) is 194 cm³/mol. The van der Waals surface area contributed by atoms with Crippen LogP contribution in [0.2, 0.25) is 0 Å². The summed E-state index contributed by atoms with van der Waals surface area (Å²) in [7, 11) is 0. The number of pyridine rings is 1. The summed E-state index contributed by atoms with van der Waals surface area (Å²) in [5, 5.41) is 15.2. The van der Waals surface area contributed by atoms with E-state index >= 15 is 0 Å². The van der Waals surface area contributed by atoms with E-state index < -0.39 is 46.8 Å². The average Bonchev–Trinajstić information content (AvgIpc) is 3.04. The number of nitrogens with zero attached hydrogens (tertiary/aromatic N) is 1.